The first kappa shape index (κ1) is 23.1. The van der Waals surface area contributed by atoms with Crippen molar-refractivity contribution in [2.75, 3.05) is 11.9 Å². The van der Waals surface area contributed by atoms with Crippen LogP contribution in [0.2, 0.25) is 0 Å². The number of amides is 1. The van der Waals surface area contributed by atoms with Gasteiger partial charge in [-0.15, -0.1) is 0 Å². The molecule has 0 aliphatic rings. The predicted octanol–water partition coefficient (Wildman–Crippen LogP) is 2.68. The monoisotopic (exact) mass is 458 g/mol. The second-order valence-electron chi connectivity index (χ2n) is 6.97. The Balaban J connectivity index is 1.52. The van der Waals surface area contributed by atoms with Gasteiger partial charge in [0, 0.05) is 25.1 Å². The summed E-state index contributed by atoms with van der Waals surface area (Å²) in [6.45, 7) is 1.04. The minimum Gasteiger partial charge on any atom is -0.456 e. The van der Waals surface area contributed by atoms with E-state index in [4.69, 9.17) is 9.15 Å². The summed E-state index contributed by atoms with van der Waals surface area (Å²) in [6.07, 6.45) is 0.0547. The molecule has 0 radical (unpaired) electrons. The predicted molar refractivity (Wildman–Crippen MR) is 114 cm³/mol. The van der Waals surface area contributed by atoms with Crippen LogP contribution in [-0.4, -0.2) is 32.9 Å². The molecule has 13 nitrogen and oxygen atoms in total. The fourth-order valence-electron chi connectivity index (χ4n) is 3.12. The van der Waals surface area contributed by atoms with Gasteiger partial charge in [-0.05, 0) is 25.0 Å². The smallest absolute Gasteiger partial charge is 0.419 e. The number of nitro groups is 2. The van der Waals surface area contributed by atoms with Crippen LogP contribution in [-0.2, 0) is 20.9 Å². The molecule has 1 N–H and O–H groups in total. The number of benzene rings is 2. The summed E-state index contributed by atoms with van der Waals surface area (Å²) in [5.41, 5.74) is 0.401. The Morgan fingerprint density at radius 2 is 1.91 bits per heavy atom. The van der Waals surface area contributed by atoms with Crippen LogP contribution in [0.1, 0.15) is 18.4 Å². The van der Waals surface area contributed by atoms with E-state index in [0.29, 0.717) is 11.1 Å². The molecule has 0 spiro atoms. The van der Waals surface area contributed by atoms with Crippen LogP contribution in [0.4, 0.5) is 17.1 Å². The number of non-ortho nitro benzene ring substituents is 1. The third kappa shape index (κ3) is 5.39. The average molecular weight is 458 g/mol. The van der Waals surface area contributed by atoms with Gasteiger partial charge in [0.2, 0.25) is 0 Å². The number of aromatic nitrogens is 1. The van der Waals surface area contributed by atoms with Gasteiger partial charge < -0.3 is 14.5 Å². The SMILES string of the molecule is Cc1cccc([N+](=O)[O-])c1NC(=O)COC(=O)CCCn1c(=O)oc2cc([N+](=O)[O-])ccc21. The van der Waals surface area contributed by atoms with E-state index in [-0.39, 0.29) is 42.0 Å². The van der Waals surface area contributed by atoms with E-state index in [1.54, 1.807) is 13.0 Å². The van der Waals surface area contributed by atoms with Crippen molar-refractivity contribution in [3.05, 3.63) is 72.7 Å². The van der Waals surface area contributed by atoms with Crippen molar-refractivity contribution in [3.8, 4) is 0 Å². The van der Waals surface area contributed by atoms with Crippen LogP contribution in [0.3, 0.4) is 0 Å². The number of aryl methyl sites for hydroxylation is 2. The number of nitrogens with one attached hydrogen (secondary N) is 1. The molecule has 1 heterocycles. The van der Waals surface area contributed by atoms with Crippen molar-refractivity contribution in [2.45, 2.75) is 26.3 Å². The molecule has 0 atom stereocenters. The first-order valence-corrected chi connectivity index (χ1v) is 9.64. The largest absolute Gasteiger partial charge is 0.456 e. The zero-order chi connectivity index (χ0) is 24.1. The lowest BCUT2D eigenvalue weighted by molar-refractivity contribution is -0.384. The summed E-state index contributed by atoms with van der Waals surface area (Å²) in [7, 11) is 0. The van der Waals surface area contributed by atoms with Gasteiger partial charge in [0.1, 0.15) is 5.69 Å². The third-order valence-corrected chi connectivity index (χ3v) is 4.70. The van der Waals surface area contributed by atoms with Gasteiger partial charge in [-0.3, -0.25) is 34.4 Å². The molecule has 1 aromatic heterocycles. The Kier molecular flexibility index (Phi) is 6.81. The number of rotatable bonds is 9. The van der Waals surface area contributed by atoms with Crippen molar-refractivity contribution in [3.63, 3.8) is 0 Å². The minimum atomic E-state index is -0.737. The Bertz CT molecular complexity index is 1310. The molecule has 0 aliphatic carbocycles. The highest BCUT2D eigenvalue weighted by molar-refractivity contribution is 5.95. The van der Waals surface area contributed by atoms with Crippen LogP contribution in [0.15, 0.2) is 45.6 Å². The van der Waals surface area contributed by atoms with Gasteiger partial charge in [0.25, 0.3) is 17.3 Å². The van der Waals surface area contributed by atoms with Crippen molar-refractivity contribution in [1.29, 1.82) is 0 Å². The number of carbonyl (C=O) groups excluding carboxylic acids is 2. The van der Waals surface area contributed by atoms with E-state index in [1.165, 1.54) is 28.8 Å². The van der Waals surface area contributed by atoms with Crippen LogP contribution in [0, 0.1) is 27.2 Å². The summed E-state index contributed by atoms with van der Waals surface area (Å²) in [4.78, 5) is 56.7. The lowest BCUT2D eigenvalue weighted by Gasteiger charge is -2.09. The number of anilines is 1. The lowest BCUT2D eigenvalue weighted by Crippen LogP contribution is -2.22. The van der Waals surface area contributed by atoms with Crippen LogP contribution >= 0.6 is 0 Å². The maximum Gasteiger partial charge on any atom is 0.419 e. The molecule has 0 aliphatic heterocycles. The third-order valence-electron chi connectivity index (χ3n) is 4.70. The van der Waals surface area contributed by atoms with Gasteiger partial charge in [-0.1, -0.05) is 12.1 Å². The fourth-order valence-corrected chi connectivity index (χ4v) is 3.12. The Labute approximate surface area is 184 Å². The highest BCUT2D eigenvalue weighted by atomic mass is 16.6. The van der Waals surface area contributed by atoms with Crippen molar-refractivity contribution in [2.24, 2.45) is 0 Å². The Hall–Kier alpha value is -4.55. The number of esters is 1. The van der Waals surface area contributed by atoms with E-state index in [1.807, 2.05) is 0 Å². The molecule has 33 heavy (non-hydrogen) atoms. The number of ether oxygens (including phenoxy) is 1. The summed E-state index contributed by atoms with van der Waals surface area (Å²) in [6, 6.07) is 8.08. The zero-order valence-electron chi connectivity index (χ0n) is 17.3. The fraction of sp³-hybridized carbons (Fsp3) is 0.250. The second kappa shape index (κ2) is 9.72. The first-order chi connectivity index (χ1) is 15.7. The topological polar surface area (TPSA) is 177 Å². The molecule has 0 saturated carbocycles. The summed E-state index contributed by atoms with van der Waals surface area (Å²) < 4.78 is 11.1. The molecule has 2 aromatic carbocycles. The number of oxazole rings is 1. The standard InChI is InChI=1S/C20H18N4O9/c1-12-4-2-5-15(24(30)31)19(12)21-17(25)11-32-18(26)6-3-9-22-14-8-7-13(23(28)29)10-16(14)33-20(22)27/h2,4-5,7-8,10H,3,6,9,11H2,1H3,(H,21,25). The zero-order valence-corrected chi connectivity index (χ0v) is 17.3. The first-order valence-electron chi connectivity index (χ1n) is 9.64. The van der Waals surface area contributed by atoms with Crippen LogP contribution in [0.25, 0.3) is 11.1 Å². The number of fused-ring (bicyclic) bond motifs is 1. The maximum absolute atomic E-state index is 12.1. The van der Waals surface area contributed by atoms with Gasteiger partial charge in [-0.2, -0.15) is 0 Å². The molecule has 1 amide bonds. The van der Waals surface area contributed by atoms with Gasteiger partial charge in [-0.25, -0.2) is 4.79 Å². The quantitative estimate of drug-likeness (QED) is 0.287. The van der Waals surface area contributed by atoms with Crippen LogP contribution in [0.5, 0.6) is 0 Å². The average Bonchev–Trinajstić information content (AvgIpc) is 3.07. The Morgan fingerprint density at radius 1 is 1.15 bits per heavy atom. The van der Waals surface area contributed by atoms with Gasteiger partial charge in [0.15, 0.2) is 12.2 Å². The second-order valence-corrected chi connectivity index (χ2v) is 6.97. The molecule has 0 saturated heterocycles. The van der Waals surface area contributed by atoms with E-state index in [0.717, 1.165) is 6.07 Å². The van der Waals surface area contributed by atoms with Gasteiger partial charge >= 0.3 is 11.7 Å². The minimum absolute atomic E-state index is 0.0231. The van der Waals surface area contributed by atoms with Crippen molar-refractivity contribution >= 4 is 40.0 Å². The molecular weight excluding hydrogens is 440 g/mol. The molecule has 172 valence electrons. The maximum atomic E-state index is 12.1. The van der Waals surface area contributed by atoms with Crippen molar-refractivity contribution in [1.82, 2.24) is 4.57 Å². The number of nitrogens with zero attached hydrogens (tertiary/aromatic N) is 3. The summed E-state index contributed by atoms with van der Waals surface area (Å²) in [5, 5.41) is 24.3. The Morgan fingerprint density at radius 3 is 2.61 bits per heavy atom. The molecule has 3 aromatic rings. The molecular formula is C20H18N4O9. The molecule has 3 rings (SSSR count). The van der Waals surface area contributed by atoms with Gasteiger partial charge in [0.05, 0.1) is 21.4 Å². The van der Waals surface area contributed by atoms with E-state index < -0.39 is 34.1 Å². The number of nitro benzene ring substituents is 2. The highest BCUT2D eigenvalue weighted by Gasteiger charge is 2.19. The number of hydrogen-bond acceptors (Lipinski definition) is 9. The normalized spacial score (nSPS) is 10.7. The van der Waals surface area contributed by atoms with Crippen LogP contribution < -0.4 is 11.1 Å². The molecule has 0 fully saturated rings. The summed E-state index contributed by atoms with van der Waals surface area (Å²) in [5.74, 6) is -2.17. The van der Waals surface area contributed by atoms with E-state index >= 15 is 0 Å². The number of hydrogen-bond donors (Lipinski definition) is 1. The van der Waals surface area contributed by atoms with E-state index in [9.17, 15) is 34.6 Å². The van der Waals surface area contributed by atoms with Crippen molar-refractivity contribution < 1.29 is 28.6 Å². The number of carbonyl (C=O) groups is 2. The summed E-state index contributed by atoms with van der Waals surface area (Å²) >= 11 is 0. The number of para-hydroxylation sites is 1. The highest BCUT2D eigenvalue weighted by Crippen LogP contribution is 2.27. The molecule has 13 heteroatoms. The lowest BCUT2D eigenvalue weighted by atomic mass is 10.1. The van der Waals surface area contributed by atoms with E-state index in [2.05, 4.69) is 5.32 Å². The molecule has 0 unspecified atom stereocenters. The molecule has 0 bridgehead atoms.